The van der Waals surface area contributed by atoms with E-state index in [0.29, 0.717) is 112 Å². The molecule has 0 aromatic carbocycles. The fraction of sp³-hybridized carbons (Fsp3) is 0.760. The minimum absolute atomic E-state index is 0.244. The summed E-state index contributed by atoms with van der Waals surface area (Å²) in [4.78, 5) is 23.9. The van der Waals surface area contributed by atoms with Crippen LogP contribution in [-0.2, 0) is 52.2 Å². The van der Waals surface area contributed by atoms with E-state index < -0.39 is 0 Å². The Labute approximate surface area is 219 Å². The molecule has 0 saturated carbocycles. The zero-order valence-corrected chi connectivity index (χ0v) is 21.8. The standard InChI is InChI=1S/C25H43NO11/c1-2-6-29-8-10-31-12-14-33-16-18-35-20-22-37-23-21-36-19-17-34-15-13-32-11-9-30-7-5-26-24(27)3-4-25(26)28/h2-4H,1,5-23H2. The molecule has 37 heavy (non-hydrogen) atoms. The maximum absolute atomic E-state index is 11.4. The lowest BCUT2D eigenvalue weighted by Gasteiger charge is -2.13. The highest BCUT2D eigenvalue weighted by molar-refractivity contribution is 6.12. The van der Waals surface area contributed by atoms with E-state index in [0.717, 1.165) is 4.90 Å². The summed E-state index contributed by atoms with van der Waals surface area (Å²) >= 11 is 0. The number of rotatable bonds is 29. The van der Waals surface area contributed by atoms with Crippen LogP contribution in [0.4, 0.5) is 0 Å². The van der Waals surface area contributed by atoms with E-state index in [4.69, 9.17) is 42.6 Å². The molecular weight excluding hydrogens is 490 g/mol. The zero-order chi connectivity index (χ0) is 26.7. The van der Waals surface area contributed by atoms with Crippen molar-refractivity contribution >= 4 is 11.8 Å². The van der Waals surface area contributed by atoms with E-state index in [1.54, 1.807) is 6.08 Å². The SMILES string of the molecule is C=CCOCCOCCOCCOCCOCCOCCOCCOCCOCCN1C(=O)C=CC1=O. The highest BCUT2D eigenvalue weighted by Gasteiger charge is 2.22. The normalized spacial score (nSPS) is 13.2. The van der Waals surface area contributed by atoms with E-state index in [1.807, 2.05) is 0 Å². The lowest BCUT2D eigenvalue weighted by molar-refractivity contribution is -0.137. The van der Waals surface area contributed by atoms with Crippen molar-refractivity contribution in [3.63, 3.8) is 0 Å². The van der Waals surface area contributed by atoms with Gasteiger partial charge in [-0.15, -0.1) is 6.58 Å². The van der Waals surface area contributed by atoms with E-state index in [2.05, 4.69) is 6.58 Å². The van der Waals surface area contributed by atoms with Crippen LogP contribution in [-0.4, -0.2) is 142 Å². The van der Waals surface area contributed by atoms with Gasteiger partial charge in [0, 0.05) is 12.2 Å². The van der Waals surface area contributed by atoms with Gasteiger partial charge in [-0.1, -0.05) is 6.08 Å². The summed E-state index contributed by atoms with van der Waals surface area (Å²) in [6.07, 6.45) is 4.21. The molecule has 0 radical (unpaired) electrons. The molecule has 1 aliphatic rings. The minimum atomic E-state index is -0.304. The topological polar surface area (TPSA) is 120 Å². The molecule has 1 rings (SSSR count). The predicted octanol–water partition coefficient (Wildman–Crippen LogP) is 0.247. The van der Waals surface area contributed by atoms with Crippen molar-refractivity contribution in [1.29, 1.82) is 0 Å². The molecule has 214 valence electrons. The van der Waals surface area contributed by atoms with Gasteiger partial charge in [-0.3, -0.25) is 14.5 Å². The highest BCUT2D eigenvalue weighted by atomic mass is 16.6. The number of hydrogen-bond donors (Lipinski definition) is 0. The predicted molar refractivity (Wildman–Crippen MR) is 133 cm³/mol. The van der Waals surface area contributed by atoms with Crippen LogP contribution < -0.4 is 0 Å². The lowest BCUT2D eigenvalue weighted by atomic mass is 10.5. The summed E-state index contributed by atoms with van der Waals surface area (Å²) in [6.45, 7) is 12.5. The summed E-state index contributed by atoms with van der Waals surface area (Å²) in [5.74, 6) is -0.608. The number of ether oxygens (including phenoxy) is 9. The first-order valence-electron chi connectivity index (χ1n) is 12.6. The summed E-state index contributed by atoms with van der Waals surface area (Å²) in [5, 5.41) is 0. The number of carbonyl (C=O) groups excluding carboxylic acids is 2. The second kappa shape index (κ2) is 25.9. The molecular formula is C25H43NO11. The van der Waals surface area contributed by atoms with Gasteiger partial charge in [0.1, 0.15) is 0 Å². The van der Waals surface area contributed by atoms with Gasteiger partial charge < -0.3 is 42.6 Å². The van der Waals surface area contributed by atoms with Crippen molar-refractivity contribution in [2.45, 2.75) is 0 Å². The number of carbonyl (C=O) groups is 2. The average Bonchev–Trinajstić information content (AvgIpc) is 3.22. The third kappa shape index (κ3) is 20.9. The van der Waals surface area contributed by atoms with Gasteiger partial charge in [-0.25, -0.2) is 0 Å². The molecule has 0 saturated heterocycles. The minimum Gasteiger partial charge on any atom is -0.377 e. The Bertz CT molecular complexity index is 585. The molecule has 0 unspecified atom stereocenters. The van der Waals surface area contributed by atoms with E-state index in [-0.39, 0.29) is 25.0 Å². The third-order valence-electron chi connectivity index (χ3n) is 4.57. The first-order chi connectivity index (χ1) is 18.3. The summed E-state index contributed by atoms with van der Waals surface area (Å²) in [7, 11) is 0. The van der Waals surface area contributed by atoms with Crippen molar-refractivity contribution in [3.8, 4) is 0 Å². The Balaban J connectivity index is 1.65. The van der Waals surface area contributed by atoms with Crippen LogP contribution in [0, 0.1) is 0 Å². The van der Waals surface area contributed by atoms with E-state index >= 15 is 0 Å². The summed E-state index contributed by atoms with van der Waals surface area (Å²) < 4.78 is 48.4. The number of imide groups is 1. The van der Waals surface area contributed by atoms with Gasteiger partial charge in [-0.2, -0.15) is 0 Å². The second-order valence-electron chi connectivity index (χ2n) is 7.42. The lowest BCUT2D eigenvalue weighted by Crippen LogP contribution is -2.33. The first-order valence-corrected chi connectivity index (χ1v) is 12.6. The number of hydrogen-bond acceptors (Lipinski definition) is 11. The van der Waals surface area contributed by atoms with Gasteiger partial charge >= 0.3 is 0 Å². The second-order valence-corrected chi connectivity index (χ2v) is 7.42. The van der Waals surface area contributed by atoms with Crippen LogP contribution in [0.15, 0.2) is 24.8 Å². The first kappa shape index (κ1) is 33.3. The van der Waals surface area contributed by atoms with Crippen LogP contribution in [0.2, 0.25) is 0 Å². The Morgan fingerprint density at radius 2 is 0.757 bits per heavy atom. The van der Waals surface area contributed by atoms with Crippen LogP contribution >= 0.6 is 0 Å². The van der Waals surface area contributed by atoms with Crippen molar-refractivity contribution in [1.82, 2.24) is 4.90 Å². The van der Waals surface area contributed by atoms with Crippen LogP contribution in [0.3, 0.4) is 0 Å². The van der Waals surface area contributed by atoms with Gasteiger partial charge in [-0.05, 0) is 0 Å². The van der Waals surface area contributed by atoms with Crippen molar-refractivity contribution in [2.24, 2.45) is 0 Å². The van der Waals surface area contributed by atoms with Gasteiger partial charge in [0.05, 0.1) is 125 Å². The van der Waals surface area contributed by atoms with Gasteiger partial charge in [0.25, 0.3) is 11.8 Å². The van der Waals surface area contributed by atoms with Crippen LogP contribution in [0.1, 0.15) is 0 Å². The molecule has 12 nitrogen and oxygen atoms in total. The Hall–Kier alpha value is -1.74. The fourth-order valence-electron chi connectivity index (χ4n) is 2.73. The molecule has 0 aromatic rings. The highest BCUT2D eigenvalue weighted by Crippen LogP contribution is 2.02. The molecule has 2 amide bonds. The largest absolute Gasteiger partial charge is 0.377 e. The fourth-order valence-corrected chi connectivity index (χ4v) is 2.73. The molecule has 1 heterocycles. The molecule has 0 aliphatic carbocycles. The molecule has 0 bridgehead atoms. The van der Waals surface area contributed by atoms with Crippen LogP contribution in [0.25, 0.3) is 0 Å². The average molecular weight is 534 g/mol. The molecule has 1 aliphatic heterocycles. The third-order valence-corrected chi connectivity index (χ3v) is 4.57. The van der Waals surface area contributed by atoms with Crippen molar-refractivity contribution in [2.75, 3.05) is 125 Å². The molecule has 0 spiro atoms. The monoisotopic (exact) mass is 533 g/mol. The van der Waals surface area contributed by atoms with Gasteiger partial charge in [0.15, 0.2) is 0 Å². The van der Waals surface area contributed by atoms with Crippen molar-refractivity contribution in [3.05, 3.63) is 24.8 Å². The molecule has 0 atom stereocenters. The summed E-state index contributed by atoms with van der Waals surface area (Å²) in [6, 6.07) is 0. The Morgan fingerprint density at radius 1 is 0.486 bits per heavy atom. The smallest absolute Gasteiger partial charge is 0.253 e. The van der Waals surface area contributed by atoms with Crippen molar-refractivity contribution < 1.29 is 52.2 Å². The van der Waals surface area contributed by atoms with Crippen LogP contribution in [0.5, 0.6) is 0 Å². The molecule has 0 aromatic heterocycles. The molecule has 0 fully saturated rings. The molecule has 12 heteroatoms. The van der Waals surface area contributed by atoms with E-state index in [1.165, 1.54) is 12.2 Å². The Kier molecular flexibility index (Phi) is 23.3. The number of nitrogens with zero attached hydrogens (tertiary/aromatic N) is 1. The number of amides is 2. The van der Waals surface area contributed by atoms with Gasteiger partial charge in [0.2, 0.25) is 0 Å². The maximum atomic E-state index is 11.4. The summed E-state index contributed by atoms with van der Waals surface area (Å²) in [5.41, 5.74) is 0. The molecule has 0 N–H and O–H groups in total. The zero-order valence-electron chi connectivity index (χ0n) is 21.8. The van der Waals surface area contributed by atoms with E-state index in [9.17, 15) is 9.59 Å². The Morgan fingerprint density at radius 3 is 1.05 bits per heavy atom. The maximum Gasteiger partial charge on any atom is 0.253 e. The quantitative estimate of drug-likeness (QED) is 0.0747.